The predicted molar refractivity (Wildman–Crippen MR) is 148 cm³/mol. The van der Waals surface area contributed by atoms with Crippen LogP contribution in [0.1, 0.15) is 38.7 Å². The number of hydrogen-bond donors (Lipinski definition) is 7. The van der Waals surface area contributed by atoms with E-state index in [2.05, 4.69) is 20.9 Å². The summed E-state index contributed by atoms with van der Waals surface area (Å²) in [5.74, 6) is -4.44. The first kappa shape index (κ1) is 31.6. The van der Waals surface area contributed by atoms with Gasteiger partial charge in [0.15, 0.2) is 0 Å². The van der Waals surface area contributed by atoms with E-state index in [0.29, 0.717) is 17.7 Å². The number of nitrogens with one attached hydrogen (secondary N) is 4. The molecule has 0 aliphatic carbocycles. The van der Waals surface area contributed by atoms with Crippen molar-refractivity contribution in [3.05, 3.63) is 36.0 Å². The molecule has 1 aromatic carbocycles. The van der Waals surface area contributed by atoms with Gasteiger partial charge in [0.05, 0.1) is 12.5 Å². The molecule has 1 aromatic heterocycles. The summed E-state index contributed by atoms with van der Waals surface area (Å²) < 4.78 is 0. The van der Waals surface area contributed by atoms with E-state index in [1.54, 1.807) is 13.1 Å². The Bertz CT molecular complexity index is 1170. The molecule has 0 bridgehead atoms. The summed E-state index contributed by atoms with van der Waals surface area (Å²) in [5.41, 5.74) is 7.25. The van der Waals surface area contributed by atoms with Gasteiger partial charge in [-0.1, -0.05) is 38.5 Å². The fraction of sp³-hybridized carbons (Fsp3) is 0.500. The van der Waals surface area contributed by atoms with E-state index in [1.165, 1.54) is 11.8 Å². The zero-order valence-electron chi connectivity index (χ0n) is 22.2. The molecule has 0 spiro atoms. The van der Waals surface area contributed by atoms with Crippen molar-refractivity contribution in [1.82, 2.24) is 20.9 Å². The largest absolute Gasteiger partial charge is 0.481 e. The molecule has 12 nitrogen and oxygen atoms in total. The van der Waals surface area contributed by atoms with Gasteiger partial charge in [0, 0.05) is 23.5 Å². The first-order valence-corrected chi connectivity index (χ1v) is 14.0. The van der Waals surface area contributed by atoms with Crippen LogP contribution in [-0.4, -0.2) is 81.0 Å². The molecule has 13 heteroatoms. The molecule has 3 amide bonds. The maximum absolute atomic E-state index is 13.5. The number of thioether (sulfide) groups is 1. The maximum atomic E-state index is 13.5. The van der Waals surface area contributed by atoms with E-state index in [1.807, 2.05) is 37.4 Å². The van der Waals surface area contributed by atoms with Gasteiger partial charge in [-0.05, 0) is 36.0 Å². The highest BCUT2D eigenvalue weighted by atomic mass is 32.2. The van der Waals surface area contributed by atoms with Gasteiger partial charge in [0.2, 0.25) is 17.7 Å². The van der Waals surface area contributed by atoms with Crippen LogP contribution in [0.2, 0.25) is 0 Å². The molecule has 5 atom stereocenters. The number of hydrogen-bond acceptors (Lipinski definition) is 7. The Balaban J connectivity index is 2.30. The quantitative estimate of drug-likeness (QED) is 0.154. The molecule has 0 fully saturated rings. The van der Waals surface area contributed by atoms with Gasteiger partial charge in [-0.25, -0.2) is 4.79 Å². The number of carbonyl (C=O) groups is 5. The fourth-order valence-corrected chi connectivity index (χ4v) is 4.47. The second kappa shape index (κ2) is 15.1. The smallest absolute Gasteiger partial charge is 0.326 e. The number of rotatable bonds is 16. The normalized spacial score (nSPS) is 15.0. The third-order valence-electron chi connectivity index (χ3n) is 6.48. The Kier molecular flexibility index (Phi) is 12.3. The minimum absolute atomic E-state index is 0.0306. The van der Waals surface area contributed by atoms with E-state index in [9.17, 15) is 29.1 Å². The lowest BCUT2D eigenvalue weighted by Crippen LogP contribution is -2.58. The highest BCUT2D eigenvalue weighted by Crippen LogP contribution is 2.19. The zero-order valence-corrected chi connectivity index (χ0v) is 23.0. The molecule has 2 rings (SSSR count). The highest BCUT2D eigenvalue weighted by Gasteiger charge is 2.32. The lowest BCUT2D eigenvalue weighted by molar-refractivity contribution is -0.143. The molecule has 8 N–H and O–H groups in total. The summed E-state index contributed by atoms with van der Waals surface area (Å²) in [7, 11) is 0. The van der Waals surface area contributed by atoms with Crippen molar-refractivity contribution < 1.29 is 34.2 Å². The number of carbonyl (C=O) groups excluding carboxylic acids is 3. The van der Waals surface area contributed by atoms with Gasteiger partial charge < -0.3 is 36.9 Å². The standard InChI is InChI=1S/C26H37N5O7S/c1-4-14(2)22(26(37)38)31-24(35)19(9-10-39-3)29-25(36)20(30-23(34)17(27)12-21(32)33)11-15-13-28-18-8-6-5-7-16(15)18/h5-8,13-14,17,19-20,22,28H,4,9-12,27H2,1-3H3,(H,29,36)(H,30,34)(H,31,35)(H,32,33)(H,37,38). The Morgan fingerprint density at radius 3 is 2.26 bits per heavy atom. The molecule has 5 unspecified atom stereocenters. The van der Waals surface area contributed by atoms with Crippen molar-refractivity contribution >= 4 is 52.3 Å². The van der Waals surface area contributed by atoms with Crippen LogP contribution in [0.25, 0.3) is 10.9 Å². The van der Waals surface area contributed by atoms with Crippen molar-refractivity contribution in [2.75, 3.05) is 12.0 Å². The molecular weight excluding hydrogens is 526 g/mol. The van der Waals surface area contributed by atoms with E-state index < -0.39 is 60.2 Å². The summed E-state index contributed by atoms with van der Waals surface area (Å²) in [6.45, 7) is 3.52. The van der Waals surface area contributed by atoms with Crippen molar-refractivity contribution in [1.29, 1.82) is 0 Å². The lowest BCUT2D eigenvalue weighted by atomic mass is 9.98. The van der Waals surface area contributed by atoms with Gasteiger partial charge in [0.1, 0.15) is 18.1 Å². The third-order valence-corrected chi connectivity index (χ3v) is 7.13. The second-order valence-corrected chi connectivity index (χ2v) is 10.4. The van der Waals surface area contributed by atoms with Gasteiger partial charge in [0.25, 0.3) is 0 Å². The minimum Gasteiger partial charge on any atom is -0.481 e. The van der Waals surface area contributed by atoms with Crippen molar-refractivity contribution in [3.63, 3.8) is 0 Å². The monoisotopic (exact) mass is 563 g/mol. The fourth-order valence-electron chi connectivity index (χ4n) is 4.00. The number of amides is 3. The van der Waals surface area contributed by atoms with Crippen LogP contribution in [-0.2, 0) is 30.4 Å². The predicted octanol–water partition coefficient (Wildman–Crippen LogP) is 0.851. The maximum Gasteiger partial charge on any atom is 0.326 e. The summed E-state index contributed by atoms with van der Waals surface area (Å²) >= 11 is 1.45. The molecule has 0 aliphatic rings. The number of aromatic amines is 1. The number of H-pyrrole nitrogens is 1. The number of aromatic nitrogens is 1. The Morgan fingerprint density at radius 1 is 1.00 bits per heavy atom. The molecule has 0 radical (unpaired) electrons. The van der Waals surface area contributed by atoms with Crippen LogP contribution in [0.3, 0.4) is 0 Å². The SMILES string of the molecule is CCC(C)C(NC(=O)C(CCSC)NC(=O)C(Cc1c[nH]c2ccccc12)NC(=O)C(N)CC(=O)O)C(=O)O. The third kappa shape index (κ3) is 9.29. The molecule has 0 saturated carbocycles. The van der Waals surface area contributed by atoms with E-state index in [-0.39, 0.29) is 18.8 Å². The second-order valence-electron chi connectivity index (χ2n) is 9.38. The number of benzene rings is 1. The number of carboxylic acids is 2. The molecule has 0 aliphatic heterocycles. The van der Waals surface area contributed by atoms with Crippen LogP contribution < -0.4 is 21.7 Å². The number of fused-ring (bicyclic) bond motifs is 1. The Hall–Kier alpha value is -3.58. The first-order valence-electron chi connectivity index (χ1n) is 12.6. The van der Waals surface area contributed by atoms with Gasteiger partial charge >= 0.3 is 11.9 Å². The number of nitrogens with two attached hydrogens (primary N) is 1. The van der Waals surface area contributed by atoms with E-state index in [0.717, 1.165) is 10.9 Å². The average Bonchev–Trinajstić information content (AvgIpc) is 3.30. The first-order chi connectivity index (χ1) is 18.5. The van der Waals surface area contributed by atoms with Crippen LogP contribution in [0.4, 0.5) is 0 Å². The van der Waals surface area contributed by atoms with Crippen LogP contribution in [0.5, 0.6) is 0 Å². The summed E-state index contributed by atoms with van der Waals surface area (Å²) in [5, 5.41) is 27.1. The summed E-state index contributed by atoms with van der Waals surface area (Å²) in [6.07, 6.45) is 3.68. The van der Waals surface area contributed by atoms with Gasteiger partial charge in [-0.15, -0.1) is 0 Å². The molecule has 39 heavy (non-hydrogen) atoms. The van der Waals surface area contributed by atoms with Crippen molar-refractivity contribution in [3.8, 4) is 0 Å². The number of para-hydroxylation sites is 1. The van der Waals surface area contributed by atoms with Gasteiger partial charge in [-0.2, -0.15) is 11.8 Å². The molecule has 214 valence electrons. The minimum atomic E-state index is -1.39. The number of carboxylic acid groups (broad SMARTS) is 2. The number of aliphatic carboxylic acids is 2. The van der Waals surface area contributed by atoms with E-state index in [4.69, 9.17) is 10.8 Å². The van der Waals surface area contributed by atoms with E-state index >= 15 is 0 Å². The van der Waals surface area contributed by atoms with Crippen molar-refractivity contribution in [2.24, 2.45) is 11.7 Å². The van der Waals surface area contributed by atoms with Gasteiger partial charge in [-0.3, -0.25) is 19.2 Å². The lowest BCUT2D eigenvalue weighted by Gasteiger charge is -2.26. The highest BCUT2D eigenvalue weighted by molar-refractivity contribution is 7.98. The molecule has 1 heterocycles. The van der Waals surface area contributed by atoms with Crippen LogP contribution in [0, 0.1) is 5.92 Å². The van der Waals surface area contributed by atoms with Crippen LogP contribution in [0.15, 0.2) is 30.5 Å². The topological polar surface area (TPSA) is 204 Å². The molecular formula is C26H37N5O7S. The Morgan fingerprint density at radius 2 is 1.64 bits per heavy atom. The summed E-state index contributed by atoms with van der Waals surface area (Å²) in [6, 6.07) is 2.61. The molecule has 0 saturated heterocycles. The zero-order chi connectivity index (χ0) is 29.1. The summed E-state index contributed by atoms with van der Waals surface area (Å²) in [4.78, 5) is 65.1. The molecule has 2 aromatic rings. The Labute approximate surface area is 230 Å². The van der Waals surface area contributed by atoms with Crippen molar-refractivity contribution in [2.45, 2.75) is 63.7 Å². The van der Waals surface area contributed by atoms with Crippen LogP contribution >= 0.6 is 11.8 Å². The average molecular weight is 564 g/mol.